The minimum atomic E-state index is -0.858. The second-order valence-corrected chi connectivity index (χ2v) is 4.50. The predicted octanol–water partition coefficient (Wildman–Crippen LogP) is 2.99. The molecule has 1 unspecified atom stereocenters. The van der Waals surface area contributed by atoms with Crippen molar-refractivity contribution >= 4 is 5.97 Å². The molecule has 1 rings (SSSR count). The van der Waals surface area contributed by atoms with Gasteiger partial charge in [-0.15, -0.1) is 0 Å². The zero-order valence-corrected chi connectivity index (χ0v) is 11.7. The summed E-state index contributed by atoms with van der Waals surface area (Å²) >= 11 is 0. The number of aliphatic carboxylic acids is 1. The zero-order valence-electron chi connectivity index (χ0n) is 11.7. The van der Waals surface area contributed by atoms with Crippen LogP contribution in [-0.4, -0.2) is 24.2 Å². The van der Waals surface area contributed by atoms with Crippen molar-refractivity contribution in [2.45, 2.75) is 39.2 Å². The smallest absolute Gasteiger partial charge is 0.325 e. The number of carboxylic acids is 1. The Morgan fingerprint density at radius 1 is 1.37 bits per heavy atom. The van der Waals surface area contributed by atoms with Crippen LogP contribution in [0.1, 0.15) is 44.7 Å². The van der Waals surface area contributed by atoms with Gasteiger partial charge in [0.15, 0.2) is 0 Å². The lowest BCUT2D eigenvalue weighted by molar-refractivity contribution is -0.139. The fourth-order valence-corrected chi connectivity index (χ4v) is 1.77. The van der Waals surface area contributed by atoms with Gasteiger partial charge in [0.2, 0.25) is 0 Å². The first kappa shape index (κ1) is 15.5. The summed E-state index contributed by atoms with van der Waals surface area (Å²) in [6.45, 7) is 5.46. The Kier molecular flexibility index (Phi) is 6.97. The summed E-state index contributed by atoms with van der Waals surface area (Å²) in [5, 5.41) is 12.4. The van der Waals surface area contributed by atoms with Crippen molar-refractivity contribution < 1.29 is 14.6 Å². The third-order valence-electron chi connectivity index (χ3n) is 2.79. The van der Waals surface area contributed by atoms with Crippen LogP contribution in [-0.2, 0) is 4.79 Å². The summed E-state index contributed by atoms with van der Waals surface area (Å²) in [5.74, 6) is -0.133. The lowest BCUT2D eigenvalue weighted by Gasteiger charge is -2.15. The monoisotopic (exact) mass is 265 g/mol. The van der Waals surface area contributed by atoms with E-state index in [0.717, 1.165) is 30.6 Å². The number of benzene rings is 1. The molecular weight excluding hydrogens is 242 g/mol. The van der Waals surface area contributed by atoms with Gasteiger partial charge in [-0.05, 0) is 37.1 Å². The third-order valence-corrected chi connectivity index (χ3v) is 2.79. The highest BCUT2D eigenvalue weighted by molar-refractivity contribution is 5.75. The van der Waals surface area contributed by atoms with Crippen LogP contribution >= 0.6 is 0 Å². The molecule has 0 heterocycles. The minimum absolute atomic E-state index is 0.643. The Morgan fingerprint density at radius 3 is 2.79 bits per heavy atom. The molecule has 0 spiro atoms. The molecule has 1 aromatic carbocycles. The summed E-state index contributed by atoms with van der Waals surface area (Å²) in [4.78, 5) is 11.3. The molecule has 0 aromatic heterocycles. The van der Waals surface area contributed by atoms with Crippen LogP contribution in [0.15, 0.2) is 24.3 Å². The zero-order chi connectivity index (χ0) is 14.1. The predicted molar refractivity (Wildman–Crippen MR) is 75.5 cm³/mol. The Hall–Kier alpha value is -1.55. The number of carboxylic acid groups (broad SMARTS) is 1. The van der Waals surface area contributed by atoms with Crippen molar-refractivity contribution in [1.82, 2.24) is 5.32 Å². The second kappa shape index (κ2) is 8.53. The molecule has 0 aliphatic rings. The van der Waals surface area contributed by atoms with Gasteiger partial charge in [-0.25, -0.2) is 0 Å². The van der Waals surface area contributed by atoms with E-state index in [-0.39, 0.29) is 0 Å². The summed E-state index contributed by atoms with van der Waals surface area (Å²) in [6.07, 6.45) is 2.94. The first-order valence-electron chi connectivity index (χ1n) is 6.88. The Labute approximate surface area is 114 Å². The highest BCUT2D eigenvalue weighted by Crippen LogP contribution is 2.20. The van der Waals surface area contributed by atoms with Crippen molar-refractivity contribution in [3.63, 3.8) is 0 Å². The van der Waals surface area contributed by atoms with Gasteiger partial charge in [0.1, 0.15) is 11.8 Å². The van der Waals surface area contributed by atoms with E-state index in [1.54, 1.807) is 6.07 Å². The molecule has 106 valence electrons. The molecule has 0 fully saturated rings. The Morgan fingerprint density at radius 2 is 2.16 bits per heavy atom. The standard InChI is InChI=1S/C15H23NO3/c1-3-5-9-16-14(15(17)18)12-7-6-8-13(11-12)19-10-4-2/h6-8,11,14,16H,3-5,9-10H2,1-2H3,(H,17,18). The van der Waals surface area contributed by atoms with Gasteiger partial charge in [0, 0.05) is 0 Å². The maximum Gasteiger partial charge on any atom is 0.325 e. The lowest BCUT2D eigenvalue weighted by Crippen LogP contribution is -2.29. The molecule has 0 radical (unpaired) electrons. The van der Waals surface area contributed by atoms with Crippen LogP contribution < -0.4 is 10.1 Å². The molecule has 0 bridgehead atoms. The first-order chi connectivity index (χ1) is 9.19. The molecule has 19 heavy (non-hydrogen) atoms. The molecule has 0 saturated carbocycles. The maximum absolute atomic E-state index is 11.3. The molecule has 4 nitrogen and oxygen atoms in total. The average molecular weight is 265 g/mol. The van der Waals surface area contributed by atoms with Crippen LogP contribution in [0.3, 0.4) is 0 Å². The van der Waals surface area contributed by atoms with Crippen molar-refractivity contribution in [3.05, 3.63) is 29.8 Å². The number of nitrogens with one attached hydrogen (secondary N) is 1. The molecule has 1 aromatic rings. The summed E-state index contributed by atoms with van der Waals surface area (Å²) in [5.41, 5.74) is 0.734. The van der Waals surface area contributed by atoms with Gasteiger partial charge in [-0.3, -0.25) is 4.79 Å². The van der Waals surface area contributed by atoms with Crippen LogP contribution in [0.5, 0.6) is 5.75 Å². The van der Waals surface area contributed by atoms with Gasteiger partial charge >= 0.3 is 5.97 Å². The average Bonchev–Trinajstić information content (AvgIpc) is 2.41. The van der Waals surface area contributed by atoms with E-state index in [1.807, 2.05) is 25.1 Å². The van der Waals surface area contributed by atoms with E-state index < -0.39 is 12.0 Å². The molecule has 0 amide bonds. The van der Waals surface area contributed by atoms with Crippen molar-refractivity contribution in [2.75, 3.05) is 13.2 Å². The van der Waals surface area contributed by atoms with Crippen molar-refractivity contribution in [3.8, 4) is 5.75 Å². The van der Waals surface area contributed by atoms with Crippen LogP contribution in [0.4, 0.5) is 0 Å². The van der Waals surface area contributed by atoms with Crippen LogP contribution in [0.2, 0.25) is 0 Å². The molecule has 0 aliphatic carbocycles. The van der Waals surface area contributed by atoms with E-state index in [0.29, 0.717) is 13.2 Å². The van der Waals surface area contributed by atoms with Gasteiger partial charge in [-0.1, -0.05) is 32.4 Å². The molecule has 0 aliphatic heterocycles. The van der Waals surface area contributed by atoms with Gasteiger partial charge in [0.25, 0.3) is 0 Å². The van der Waals surface area contributed by atoms with E-state index in [4.69, 9.17) is 4.74 Å². The molecular formula is C15H23NO3. The number of rotatable bonds is 9. The lowest BCUT2D eigenvalue weighted by atomic mass is 10.1. The number of ether oxygens (including phenoxy) is 1. The van der Waals surface area contributed by atoms with E-state index in [2.05, 4.69) is 12.2 Å². The van der Waals surface area contributed by atoms with Crippen LogP contribution in [0.25, 0.3) is 0 Å². The van der Waals surface area contributed by atoms with Crippen molar-refractivity contribution in [2.24, 2.45) is 0 Å². The highest BCUT2D eigenvalue weighted by atomic mass is 16.5. The summed E-state index contributed by atoms with van der Waals surface area (Å²) in [7, 11) is 0. The van der Waals surface area contributed by atoms with Crippen LogP contribution in [0, 0.1) is 0 Å². The summed E-state index contributed by atoms with van der Waals surface area (Å²) < 4.78 is 5.53. The minimum Gasteiger partial charge on any atom is -0.494 e. The fourth-order valence-electron chi connectivity index (χ4n) is 1.77. The number of unbranched alkanes of at least 4 members (excludes halogenated alkanes) is 1. The molecule has 0 saturated heterocycles. The van der Waals surface area contributed by atoms with Gasteiger partial charge in [0.05, 0.1) is 6.61 Å². The van der Waals surface area contributed by atoms with E-state index in [1.165, 1.54) is 0 Å². The fraction of sp³-hybridized carbons (Fsp3) is 0.533. The normalized spacial score (nSPS) is 12.1. The number of carbonyl (C=O) groups is 1. The maximum atomic E-state index is 11.3. The highest BCUT2D eigenvalue weighted by Gasteiger charge is 2.19. The quantitative estimate of drug-likeness (QED) is 0.674. The van der Waals surface area contributed by atoms with E-state index >= 15 is 0 Å². The Bertz CT molecular complexity index is 393. The second-order valence-electron chi connectivity index (χ2n) is 4.50. The molecule has 4 heteroatoms. The van der Waals surface area contributed by atoms with Gasteiger partial charge in [-0.2, -0.15) is 0 Å². The van der Waals surface area contributed by atoms with E-state index in [9.17, 15) is 9.90 Å². The molecule has 1 atom stereocenters. The number of hydrogen-bond acceptors (Lipinski definition) is 3. The summed E-state index contributed by atoms with van der Waals surface area (Å²) in [6, 6.07) is 6.63. The largest absolute Gasteiger partial charge is 0.494 e. The third kappa shape index (κ3) is 5.30. The SMILES string of the molecule is CCCCNC(C(=O)O)c1cccc(OCCC)c1. The number of hydrogen-bond donors (Lipinski definition) is 2. The van der Waals surface area contributed by atoms with Crippen molar-refractivity contribution in [1.29, 1.82) is 0 Å². The Balaban J connectivity index is 2.74. The topological polar surface area (TPSA) is 58.6 Å². The van der Waals surface area contributed by atoms with Gasteiger partial charge < -0.3 is 15.2 Å². The first-order valence-corrected chi connectivity index (χ1v) is 6.88. The molecule has 2 N–H and O–H groups in total.